The molecule has 1 amide bonds. The van der Waals surface area contributed by atoms with Gasteiger partial charge in [-0.1, -0.05) is 24.3 Å². The van der Waals surface area contributed by atoms with Gasteiger partial charge in [0.05, 0.1) is 24.4 Å². The smallest absolute Gasteiger partial charge is 0.240 e. The second kappa shape index (κ2) is 6.84. The zero-order valence-corrected chi connectivity index (χ0v) is 14.1. The van der Waals surface area contributed by atoms with Crippen molar-refractivity contribution in [3.63, 3.8) is 0 Å². The van der Waals surface area contributed by atoms with E-state index in [0.29, 0.717) is 19.4 Å². The molecule has 1 aromatic carbocycles. The highest BCUT2D eigenvalue weighted by atomic mass is 16.3. The fraction of sp³-hybridized carbons (Fsp3) is 0.400. The number of rotatable bonds is 5. The summed E-state index contributed by atoms with van der Waals surface area (Å²) in [5, 5.41) is 12.8. The summed E-state index contributed by atoms with van der Waals surface area (Å²) in [6.45, 7) is 1.23. The third-order valence-electron chi connectivity index (χ3n) is 5.26. The molecule has 2 aromatic rings. The molecule has 2 aliphatic rings. The number of aromatic nitrogens is 1. The lowest BCUT2D eigenvalue weighted by atomic mass is 9.76. The van der Waals surface area contributed by atoms with Gasteiger partial charge < -0.3 is 15.3 Å². The van der Waals surface area contributed by atoms with E-state index < -0.39 is 0 Å². The van der Waals surface area contributed by atoms with Crippen LogP contribution in [-0.2, 0) is 11.2 Å². The maximum absolute atomic E-state index is 12.7. The third-order valence-corrected chi connectivity index (χ3v) is 5.26. The second-order valence-electron chi connectivity index (χ2n) is 6.99. The van der Waals surface area contributed by atoms with Gasteiger partial charge in [0.15, 0.2) is 0 Å². The quantitative estimate of drug-likeness (QED) is 0.877. The summed E-state index contributed by atoms with van der Waals surface area (Å²) in [4.78, 5) is 19.2. The van der Waals surface area contributed by atoms with Crippen LogP contribution >= 0.6 is 0 Å². The monoisotopic (exact) mass is 337 g/mol. The molecular formula is C20H23N3O2. The number of hydrogen-bond acceptors (Lipinski definition) is 4. The fourth-order valence-corrected chi connectivity index (χ4v) is 3.86. The fourth-order valence-electron chi connectivity index (χ4n) is 3.86. The van der Waals surface area contributed by atoms with Crippen LogP contribution in [0.5, 0.6) is 0 Å². The van der Waals surface area contributed by atoms with Gasteiger partial charge in [0, 0.05) is 18.4 Å². The Morgan fingerprint density at radius 1 is 1.24 bits per heavy atom. The van der Waals surface area contributed by atoms with Gasteiger partial charge in [0.2, 0.25) is 5.91 Å². The molecular weight excluding hydrogens is 314 g/mol. The molecule has 0 saturated heterocycles. The van der Waals surface area contributed by atoms with E-state index in [1.54, 1.807) is 6.20 Å². The normalized spacial score (nSPS) is 22.8. The molecule has 0 spiro atoms. The predicted octanol–water partition coefficient (Wildman–Crippen LogP) is 2.07. The number of anilines is 1. The van der Waals surface area contributed by atoms with Gasteiger partial charge in [-0.15, -0.1) is 0 Å². The molecule has 0 unspecified atom stereocenters. The Morgan fingerprint density at radius 3 is 2.80 bits per heavy atom. The summed E-state index contributed by atoms with van der Waals surface area (Å²) >= 11 is 0. The van der Waals surface area contributed by atoms with Crippen LogP contribution in [0.25, 0.3) is 0 Å². The van der Waals surface area contributed by atoms with Crippen molar-refractivity contribution >= 4 is 11.6 Å². The summed E-state index contributed by atoms with van der Waals surface area (Å²) in [5.74, 6) is 0.258. The SMILES string of the molecule is O=C(CN1CCc2ccccc21)N[C@@H](c1ccccn1)C1CC(O)C1. The topological polar surface area (TPSA) is 65.5 Å². The van der Waals surface area contributed by atoms with Crippen LogP contribution in [0.3, 0.4) is 0 Å². The molecule has 1 atom stereocenters. The Hall–Kier alpha value is -2.40. The Bertz CT molecular complexity index is 744. The van der Waals surface area contributed by atoms with Crippen LogP contribution < -0.4 is 10.2 Å². The van der Waals surface area contributed by atoms with Crippen molar-refractivity contribution in [3.05, 3.63) is 59.9 Å². The summed E-state index contributed by atoms with van der Waals surface area (Å²) in [5.41, 5.74) is 3.33. The van der Waals surface area contributed by atoms with Crippen molar-refractivity contribution in [1.29, 1.82) is 0 Å². The van der Waals surface area contributed by atoms with Crippen molar-refractivity contribution < 1.29 is 9.90 Å². The van der Waals surface area contributed by atoms with E-state index in [1.807, 2.05) is 30.3 Å². The van der Waals surface area contributed by atoms with E-state index in [-0.39, 0.29) is 24.0 Å². The third kappa shape index (κ3) is 3.37. The van der Waals surface area contributed by atoms with E-state index in [2.05, 4.69) is 27.3 Å². The van der Waals surface area contributed by atoms with E-state index in [4.69, 9.17) is 0 Å². The lowest BCUT2D eigenvalue weighted by Gasteiger charge is -2.38. The number of carbonyl (C=O) groups is 1. The van der Waals surface area contributed by atoms with Gasteiger partial charge in [-0.3, -0.25) is 9.78 Å². The number of benzene rings is 1. The average Bonchev–Trinajstić information content (AvgIpc) is 3.01. The molecule has 1 aromatic heterocycles. The van der Waals surface area contributed by atoms with Crippen LogP contribution in [-0.4, -0.2) is 35.2 Å². The van der Waals surface area contributed by atoms with Gasteiger partial charge in [-0.05, 0) is 48.9 Å². The molecule has 0 radical (unpaired) electrons. The van der Waals surface area contributed by atoms with Crippen molar-refractivity contribution in [1.82, 2.24) is 10.3 Å². The zero-order valence-electron chi connectivity index (χ0n) is 14.1. The van der Waals surface area contributed by atoms with Gasteiger partial charge in [-0.2, -0.15) is 0 Å². The number of aliphatic hydroxyl groups excluding tert-OH is 1. The van der Waals surface area contributed by atoms with E-state index in [9.17, 15) is 9.90 Å². The molecule has 0 bridgehead atoms. The number of hydrogen-bond donors (Lipinski definition) is 2. The number of nitrogens with zero attached hydrogens (tertiary/aromatic N) is 2. The molecule has 4 rings (SSSR count). The highest BCUT2D eigenvalue weighted by molar-refractivity contribution is 5.82. The molecule has 2 heterocycles. The first-order valence-electron chi connectivity index (χ1n) is 8.92. The summed E-state index contributed by atoms with van der Waals surface area (Å²) in [7, 11) is 0. The van der Waals surface area contributed by atoms with Crippen molar-refractivity contribution in [2.24, 2.45) is 5.92 Å². The number of carbonyl (C=O) groups excluding carboxylic acids is 1. The summed E-state index contributed by atoms with van der Waals surface area (Å²) in [6, 6.07) is 13.9. The molecule has 5 nitrogen and oxygen atoms in total. The second-order valence-corrected chi connectivity index (χ2v) is 6.99. The van der Waals surface area contributed by atoms with E-state index in [1.165, 1.54) is 5.56 Å². The molecule has 1 fully saturated rings. The molecule has 130 valence electrons. The largest absolute Gasteiger partial charge is 0.393 e. The molecule has 1 aliphatic heterocycles. The Labute approximate surface area is 147 Å². The number of nitrogens with one attached hydrogen (secondary N) is 1. The molecule has 2 N–H and O–H groups in total. The number of fused-ring (bicyclic) bond motifs is 1. The predicted molar refractivity (Wildman–Crippen MR) is 96.2 cm³/mol. The van der Waals surface area contributed by atoms with Crippen molar-refractivity contribution in [2.75, 3.05) is 18.0 Å². The Balaban J connectivity index is 1.44. The van der Waals surface area contributed by atoms with Crippen LogP contribution in [0.2, 0.25) is 0 Å². The van der Waals surface area contributed by atoms with E-state index in [0.717, 1.165) is 24.3 Å². The summed E-state index contributed by atoms with van der Waals surface area (Å²) in [6.07, 6.45) is 3.92. The number of pyridine rings is 1. The first-order chi connectivity index (χ1) is 12.2. The van der Waals surface area contributed by atoms with Crippen LogP contribution in [0.15, 0.2) is 48.7 Å². The molecule has 1 saturated carbocycles. The number of para-hydroxylation sites is 1. The van der Waals surface area contributed by atoms with Gasteiger partial charge >= 0.3 is 0 Å². The van der Waals surface area contributed by atoms with Crippen LogP contribution in [0.1, 0.15) is 30.1 Å². The van der Waals surface area contributed by atoms with Crippen LogP contribution in [0, 0.1) is 5.92 Å². The summed E-state index contributed by atoms with van der Waals surface area (Å²) < 4.78 is 0. The number of aliphatic hydroxyl groups is 1. The van der Waals surface area contributed by atoms with Crippen molar-refractivity contribution in [3.8, 4) is 0 Å². The standard InChI is InChI=1S/C20H23N3O2/c24-16-11-15(12-16)20(17-6-3-4-9-21-17)22-19(25)13-23-10-8-14-5-1-2-7-18(14)23/h1-7,9,15-16,20,24H,8,10-13H2,(H,22,25)/t15?,16?,20-/m1/s1. The molecule has 25 heavy (non-hydrogen) atoms. The minimum Gasteiger partial charge on any atom is -0.393 e. The van der Waals surface area contributed by atoms with Crippen LogP contribution in [0.4, 0.5) is 5.69 Å². The minimum absolute atomic E-state index is 0.00810. The zero-order chi connectivity index (χ0) is 17.2. The van der Waals surface area contributed by atoms with Gasteiger partial charge in [0.1, 0.15) is 0 Å². The lowest BCUT2D eigenvalue weighted by Crippen LogP contribution is -2.45. The average molecular weight is 337 g/mol. The highest BCUT2D eigenvalue weighted by Crippen LogP contribution is 2.37. The van der Waals surface area contributed by atoms with Crippen molar-refractivity contribution in [2.45, 2.75) is 31.4 Å². The number of amides is 1. The maximum atomic E-state index is 12.7. The first kappa shape index (κ1) is 16.1. The molecule has 1 aliphatic carbocycles. The highest BCUT2D eigenvalue weighted by Gasteiger charge is 2.36. The molecule has 5 heteroatoms. The Morgan fingerprint density at radius 2 is 2.04 bits per heavy atom. The minimum atomic E-state index is -0.251. The van der Waals surface area contributed by atoms with Gasteiger partial charge in [-0.25, -0.2) is 0 Å². The van der Waals surface area contributed by atoms with E-state index >= 15 is 0 Å². The maximum Gasteiger partial charge on any atom is 0.240 e. The lowest BCUT2D eigenvalue weighted by molar-refractivity contribution is -0.121. The Kier molecular flexibility index (Phi) is 4.40. The van der Waals surface area contributed by atoms with Gasteiger partial charge in [0.25, 0.3) is 0 Å². The first-order valence-corrected chi connectivity index (χ1v) is 8.92.